The summed E-state index contributed by atoms with van der Waals surface area (Å²) in [6.07, 6.45) is 1.83. The number of nitrogens with two attached hydrogens (primary N) is 1. The molecular formula is C12H17N3O3S2. The maximum Gasteiger partial charge on any atom is 0.327 e. The molecule has 2 heterocycles. The van der Waals surface area contributed by atoms with E-state index in [9.17, 15) is 14.7 Å². The van der Waals surface area contributed by atoms with Gasteiger partial charge in [-0.3, -0.25) is 4.79 Å². The zero-order valence-corrected chi connectivity index (χ0v) is 12.7. The van der Waals surface area contributed by atoms with Crippen molar-refractivity contribution in [3.63, 3.8) is 0 Å². The number of anilines is 1. The van der Waals surface area contributed by atoms with E-state index in [-0.39, 0.29) is 17.7 Å². The third-order valence-electron chi connectivity index (χ3n) is 3.10. The van der Waals surface area contributed by atoms with E-state index < -0.39 is 12.0 Å². The van der Waals surface area contributed by atoms with Crippen LogP contribution >= 0.6 is 23.1 Å². The van der Waals surface area contributed by atoms with Gasteiger partial charge >= 0.3 is 5.97 Å². The Morgan fingerprint density at radius 1 is 1.60 bits per heavy atom. The van der Waals surface area contributed by atoms with E-state index in [0.29, 0.717) is 16.6 Å². The summed E-state index contributed by atoms with van der Waals surface area (Å²) in [6, 6.07) is -0.736. The summed E-state index contributed by atoms with van der Waals surface area (Å²) in [4.78, 5) is 29.2. The number of carbonyl (C=O) groups excluding carboxylic acids is 1. The lowest BCUT2D eigenvalue weighted by atomic mass is 10.2. The fourth-order valence-electron chi connectivity index (χ4n) is 2.21. The molecule has 110 valence electrons. The number of amides is 1. The molecule has 2 unspecified atom stereocenters. The number of hydrogen-bond donors (Lipinski definition) is 2. The maximum atomic E-state index is 12.4. The number of nitrogens with zero attached hydrogens (tertiary/aromatic N) is 2. The highest BCUT2D eigenvalue weighted by molar-refractivity contribution is 8.00. The van der Waals surface area contributed by atoms with Gasteiger partial charge in [0.25, 0.3) is 0 Å². The number of hydrogen-bond acceptors (Lipinski definition) is 6. The number of carboxylic acids is 1. The molecule has 1 aliphatic rings. The van der Waals surface area contributed by atoms with Gasteiger partial charge in [0, 0.05) is 11.1 Å². The van der Waals surface area contributed by atoms with E-state index in [1.807, 2.05) is 6.92 Å². The average molecular weight is 315 g/mol. The highest BCUT2D eigenvalue weighted by atomic mass is 32.2. The van der Waals surface area contributed by atoms with Crippen LogP contribution in [0.1, 0.15) is 25.5 Å². The summed E-state index contributed by atoms with van der Waals surface area (Å²) in [7, 11) is 0. The van der Waals surface area contributed by atoms with Gasteiger partial charge < -0.3 is 15.7 Å². The molecule has 1 aromatic rings. The normalized spacial score (nSPS) is 22.1. The third kappa shape index (κ3) is 3.24. The van der Waals surface area contributed by atoms with Gasteiger partial charge in [0.2, 0.25) is 5.91 Å². The Morgan fingerprint density at radius 3 is 2.90 bits per heavy atom. The molecule has 0 bridgehead atoms. The van der Waals surface area contributed by atoms with Gasteiger partial charge in [0.1, 0.15) is 6.04 Å². The van der Waals surface area contributed by atoms with Gasteiger partial charge in [-0.1, -0.05) is 13.3 Å². The highest BCUT2D eigenvalue weighted by Crippen LogP contribution is 2.32. The van der Waals surface area contributed by atoms with Crippen molar-refractivity contribution in [1.82, 2.24) is 9.88 Å². The number of rotatable bonds is 5. The first-order valence-corrected chi connectivity index (χ1v) is 8.31. The van der Waals surface area contributed by atoms with Crippen LogP contribution in [0, 0.1) is 0 Å². The topological polar surface area (TPSA) is 96.5 Å². The zero-order valence-electron chi connectivity index (χ0n) is 11.1. The first-order chi connectivity index (χ1) is 9.52. The van der Waals surface area contributed by atoms with Gasteiger partial charge in [0.05, 0.1) is 17.5 Å². The first-order valence-electron chi connectivity index (χ1n) is 6.38. The van der Waals surface area contributed by atoms with E-state index in [1.54, 1.807) is 5.38 Å². The highest BCUT2D eigenvalue weighted by Gasteiger charge is 2.40. The number of carboxylic acid groups (broad SMARTS) is 1. The van der Waals surface area contributed by atoms with E-state index in [0.717, 1.165) is 12.8 Å². The van der Waals surface area contributed by atoms with Crippen LogP contribution in [0.2, 0.25) is 0 Å². The molecule has 2 atom stereocenters. The Balaban J connectivity index is 2.12. The minimum absolute atomic E-state index is 0.0513. The lowest BCUT2D eigenvalue weighted by molar-refractivity contribution is -0.148. The average Bonchev–Trinajstić information content (AvgIpc) is 2.96. The minimum atomic E-state index is -0.942. The quantitative estimate of drug-likeness (QED) is 0.853. The summed E-state index contributed by atoms with van der Waals surface area (Å²) in [5, 5.41) is 11.4. The lowest BCUT2D eigenvalue weighted by Gasteiger charge is -2.27. The number of carbonyl (C=O) groups is 2. The van der Waals surface area contributed by atoms with Gasteiger partial charge in [-0.25, -0.2) is 9.78 Å². The number of thiazole rings is 1. The van der Waals surface area contributed by atoms with Crippen molar-refractivity contribution >= 4 is 40.1 Å². The number of aliphatic carboxylic acids is 1. The van der Waals surface area contributed by atoms with Crippen LogP contribution in [0.3, 0.4) is 0 Å². The molecule has 2 rings (SSSR count). The third-order valence-corrected chi connectivity index (χ3v) is 5.18. The largest absolute Gasteiger partial charge is 0.480 e. The predicted molar refractivity (Wildman–Crippen MR) is 79.7 cm³/mol. The molecule has 0 aromatic carbocycles. The van der Waals surface area contributed by atoms with Gasteiger partial charge in [-0.2, -0.15) is 0 Å². The fourth-order valence-corrected chi connectivity index (χ4v) is 4.31. The SMILES string of the molecule is CCCC1SCC(C(=O)O)N1C(=O)Cc1csc(N)n1. The molecular weight excluding hydrogens is 298 g/mol. The smallest absolute Gasteiger partial charge is 0.327 e. The molecule has 0 saturated carbocycles. The second-order valence-electron chi connectivity index (χ2n) is 4.59. The Bertz CT molecular complexity index is 506. The Labute approximate surface area is 125 Å². The molecule has 1 fully saturated rings. The van der Waals surface area contributed by atoms with Crippen molar-refractivity contribution in [3.05, 3.63) is 11.1 Å². The fraction of sp³-hybridized carbons (Fsp3) is 0.583. The van der Waals surface area contributed by atoms with Crippen molar-refractivity contribution in [1.29, 1.82) is 0 Å². The predicted octanol–water partition coefficient (Wildman–Crippen LogP) is 1.42. The van der Waals surface area contributed by atoms with Crippen LogP contribution in [0.15, 0.2) is 5.38 Å². The molecule has 6 nitrogen and oxygen atoms in total. The van der Waals surface area contributed by atoms with Crippen molar-refractivity contribution < 1.29 is 14.7 Å². The van der Waals surface area contributed by atoms with Gasteiger partial charge in [0.15, 0.2) is 5.13 Å². The van der Waals surface area contributed by atoms with Crippen molar-refractivity contribution in [2.45, 2.75) is 37.6 Å². The molecule has 1 aliphatic heterocycles. The summed E-state index contributed by atoms with van der Waals surface area (Å²) in [5.41, 5.74) is 6.15. The van der Waals surface area contributed by atoms with E-state index in [1.165, 1.54) is 28.0 Å². The van der Waals surface area contributed by atoms with Crippen LogP contribution in [-0.2, 0) is 16.0 Å². The van der Waals surface area contributed by atoms with Crippen molar-refractivity contribution in [3.8, 4) is 0 Å². The van der Waals surface area contributed by atoms with Crippen molar-refractivity contribution in [2.75, 3.05) is 11.5 Å². The van der Waals surface area contributed by atoms with Gasteiger partial charge in [-0.05, 0) is 6.42 Å². The maximum absolute atomic E-state index is 12.4. The number of aromatic nitrogens is 1. The monoisotopic (exact) mass is 315 g/mol. The summed E-state index contributed by atoms with van der Waals surface area (Å²) in [5.74, 6) is -0.682. The standard InChI is InChI=1S/C12H17N3O3S2/c1-2-3-10-15(8(6-19-10)11(17)18)9(16)4-7-5-20-12(13)14-7/h5,8,10H,2-4,6H2,1H3,(H2,13,14)(H,17,18). The van der Waals surface area contributed by atoms with Crippen LogP contribution in [0.25, 0.3) is 0 Å². The molecule has 0 radical (unpaired) electrons. The van der Waals surface area contributed by atoms with E-state index >= 15 is 0 Å². The molecule has 1 aromatic heterocycles. The van der Waals surface area contributed by atoms with Gasteiger partial charge in [-0.15, -0.1) is 23.1 Å². The van der Waals surface area contributed by atoms with Crippen molar-refractivity contribution in [2.24, 2.45) is 0 Å². The number of nitrogen functional groups attached to an aromatic ring is 1. The first kappa shape index (κ1) is 15.1. The van der Waals surface area contributed by atoms with Crippen LogP contribution in [0.5, 0.6) is 0 Å². The molecule has 3 N–H and O–H groups in total. The molecule has 1 saturated heterocycles. The van der Waals surface area contributed by atoms with E-state index in [2.05, 4.69) is 4.98 Å². The van der Waals surface area contributed by atoms with E-state index in [4.69, 9.17) is 5.73 Å². The second-order valence-corrected chi connectivity index (χ2v) is 6.69. The molecule has 8 heteroatoms. The summed E-state index contributed by atoms with van der Waals surface area (Å²) < 4.78 is 0. The minimum Gasteiger partial charge on any atom is -0.480 e. The van der Waals surface area contributed by atoms with Crippen LogP contribution < -0.4 is 5.73 Å². The second kappa shape index (κ2) is 6.45. The van der Waals surface area contributed by atoms with Crippen LogP contribution in [-0.4, -0.2) is 44.0 Å². The molecule has 0 aliphatic carbocycles. The molecule has 1 amide bonds. The Morgan fingerprint density at radius 2 is 2.35 bits per heavy atom. The lowest BCUT2D eigenvalue weighted by Crippen LogP contribution is -2.46. The Kier molecular flexibility index (Phi) is 4.87. The molecule has 20 heavy (non-hydrogen) atoms. The summed E-state index contributed by atoms with van der Waals surface area (Å²) >= 11 is 2.82. The zero-order chi connectivity index (χ0) is 14.7. The van der Waals surface area contributed by atoms with Crippen LogP contribution in [0.4, 0.5) is 5.13 Å². The Hall–Kier alpha value is -1.28. The summed E-state index contributed by atoms with van der Waals surface area (Å²) in [6.45, 7) is 2.03. The number of thioether (sulfide) groups is 1. The molecule has 0 spiro atoms.